The maximum absolute atomic E-state index is 12.7. The van der Waals surface area contributed by atoms with Gasteiger partial charge in [-0.1, -0.05) is 12.2 Å². The Morgan fingerprint density at radius 3 is 2.38 bits per heavy atom. The molecule has 2 aromatic rings. The number of thiazole rings is 1. The van der Waals surface area contributed by atoms with E-state index in [-0.39, 0.29) is 6.03 Å². The molecule has 3 rings (SSSR count). The van der Waals surface area contributed by atoms with Crippen molar-refractivity contribution in [2.45, 2.75) is 13.1 Å². The van der Waals surface area contributed by atoms with Crippen molar-refractivity contribution in [2.75, 3.05) is 13.1 Å². The molecule has 1 aliphatic rings. The minimum Gasteiger partial charge on any atom is -0.315 e. The van der Waals surface area contributed by atoms with Crippen LogP contribution in [0.1, 0.15) is 10.4 Å². The van der Waals surface area contributed by atoms with Gasteiger partial charge in [0, 0.05) is 29.9 Å². The van der Waals surface area contributed by atoms with Crippen LogP contribution in [-0.2, 0) is 6.18 Å². The van der Waals surface area contributed by atoms with Crippen molar-refractivity contribution in [2.24, 2.45) is 4.99 Å². The molecule has 0 bridgehead atoms. The van der Waals surface area contributed by atoms with Crippen LogP contribution in [0.25, 0.3) is 5.69 Å². The third kappa shape index (κ3) is 3.43. The first-order valence-corrected chi connectivity index (χ1v) is 8.01. The van der Waals surface area contributed by atoms with Gasteiger partial charge in [-0.25, -0.2) is 4.79 Å². The maximum Gasteiger partial charge on any atom is 0.416 e. The highest BCUT2D eigenvalue weighted by molar-refractivity contribution is 7.09. The first kappa shape index (κ1) is 16.5. The molecule has 0 unspecified atom stereocenters. The van der Waals surface area contributed by atoms with Crippen molar-refractivity contribution in [3.05, 3.63) is 57.9 Å². The van der Waals surface area contributed by atoms with Crippen LogP contribution in [-0.4, -0.2) is 28.6 Å². The first-order chi connectivity index (χ1) is 11.3. The molecule has 0 saturated heterocycles. The van der Waals surface area contributed by atoms with E-state index in [1.54, 1.807) is 15.7 Å². The van der Waals surface area contributed by atoms with Gasteiger partial charge in [-0.3, -0.25) is 4.57 Å². The van der Waals surface area contributed by atoms with Crippen LogP contribution in [0.2, 0.25) is 0 Å². The van der Waals surface area contributed by atoms with Crippen molar-refractivity contribution in [3.63, 3.8) is 0 Å². The monoisotopic (exact) mass is 353 g/mol. The summed E-state index contributed by atoms with van der Waals surface area (Å²) >= 11 is 1.31. The van der Waals surface area contributed by atoms with Gasteiger partial charge in [0.15, 0.2) is 4.80 Å². The Morgan fingerprint density at radius 1 is 1.17 bits per heavy atom. The van der Waals surface area contributed by atoms with Gasteiger partial charge in [-0.05, 0) is 31.2 Å². The molecule has 24 heavy (non-hydrogen) atoms. The number of hydrogen-bond donors (Lipinski definition) is 0. The second-order valence-electron chi connectivity index (χ2n) is 5.31. The molecular formula is C16H14F3N3OS. The molecule has 0 spiro atoms. The number of aryl methyl sites for hydroxylation is 1. The fourth-order valence-electron chi connectivity index (χ4n) is 2.32. The van der Waals surface area contributed by atoms with Gasteiger partial charge in [0.25, 0.3) is 0 Å². The van der Waals surface area contributed by atoms with Crippen molar-refractivity contribution < 1.29 is 18.0 Å². The van der Waals surface area contributed by atoms with Gasteiger partial charge in [0.2, 0.25) is 0 Å². The Morgan fingerprint density at radius 2 is 1.79 bits per heavy atom. The highest BCUT2D eigenvalue weighted by Gasteiger charge is 2.30. The molecule has 1 aliphatic heterocycles. The van der Waals surface area contributed by atoms with Gasteiger partial charge in [0.1, 0.15) is 0 Å². The molecule has 2 amide bonds. The number of hydrogen-bond acceptors (Lipinski definition) is 2. The van der Waals surface area contributed by atoms with E-state index in [4.69, 9.17) is 0 Å². The van der Waals surface area contributed by atoms with Gasteiger partial charge in [-0.15, -0.1) is 11.3 Å². The largest absolute Gasteiger partial charge is 0.416 e. The Labute approximate surface area is 140 Å². The highest BCUT2D eigenvalue weighted by Crippen LogP contribution is 2.29. The molecule has 0 aliphatic carbocycles. The van der Waals surface area contributed by atoms with Crippen LogP contribution in [0.15, 0.2) is 47.6 Å². The zero-order valence-electron chi connectivity index (χ0n) is 12.7. The van der Waals surface area contributed by atoms with Crippen molar-refractivity contribution >= 4 is 17.4 Å². The average molecular weight is 353 g/mol. The smallest absolute Gasteiger partial charge is 0.315 e. The van der Waals surface area contributed by atoms with Crippen molar-refractivity contribution in [1.82, 2.24) is 9.47 Å². The van der Waals surface area contributed by atoms with E-state index < -0.39 is 11.7 Å². The Hall–Kier alpha value is -2.35. The number of urea groups is 1. The number of amides is 2. The predicted octanol–water partition coefficient (Wildman–Crippen LogP) is 3.76. The van der Waals surface area contributed by atoms with Gasteiger partial charge >= 0.3 is 12.2 Å². The number of carbonyl (C=O) groups is 1. The molecule has 0 fully saturated rings. The predicted molar refractivity (Wildman–Crippen MR) is 85.1 cm³/mol. The number of nitrogens with zero attached hydrogens (tertiary/aromatic N) is 3. The summed E-state index contributed by atoms with van der Waals surface area (Å²) in [4.78, 5) is 19.2. The topological polar surface area (TPSA) is 37.6 Å². The van der Waals surface area contributed by atoms with Gasteiger partial charge in [-0.2, -0.15) is 18.2 Å². The summed E-state index contributed by atoms with van der Waals surface area (Å²) in [6.45, 7) is 2.89. The zero-order valence-corrected chi connectivity index (χ0v) is 13.6. The highest BCUT2D eigenvalue weighted by atomic mass is 32.1. The Kier molecular flexibility index (Phi) is 4.31. The lowest BCUT2D eigenvalue weighted by molar-refractivity contribution is -0.137. The minimum absolute atomic E-state index is 0.359. The average Bonchev–Trinajstić information content (AvgIpc) is 3.16. The maximum atomic E-state index is 12.7. The number of benzene rings is 1. The van der Waals surface area contributed by atoms with E-state index in [9.17, 15) is 18.0 Å². The molecule has 2 heterocycles. The standard InChI is InChI=1S/C16H14F3N3OS/c1-11-10-22(13-6-4-12(5-7-13)16(17,18)19)15(24-11)20-14(23)21-8-2-3-9-21/h2-7,10H,8-9H2,1H3. The summed E-state index contributed by atoms with van der Waals surface area (Å²) in [6, 6.07) is 4.42. The SMILES string of the molecule is Cc1cn(-c2ccc(C(F)(F)F)cc2)c(=NC(=O)N2CC=CC2)s1. The van der Waals surface area contributed by atoms with E-state index in [0.717, 1.165) is 17.0 Å². The molecule has 0 N–H and O–H groups in total. The number of rotatable bonds is 1. The van der Waals surface area contributed by atoms with Crippen LogP contribution in [0, 0.1) is 6.92 Å². The Bertz CT molecular complexity index is 839. The number of alkyl halides is 3. The second-order valence-corrected chi connectivity index (χ2v) is 6.52. The van der Waals surface area contributed by atoms with Crippen LogP contribution in [0.3, 0.4) is 0 Å². The summed E-state index contributed by atoms with van der Waals surface area (Å²) in [5.74, 6) is 0. The summed E-state index contributed by atoms with van der Waals surface area (Å²) in [6.07, 6.45) is 1.15. The van der Waals surface area contributed by atoms with Crippen LogP contribution < -0.4 is 4.80 Å². The van der Waals surface area contributed by atoms with E-state index in [1.165, 1.54) is 23.5 Å². The first-order valence-electron chi connectivity index (χ1n) is 7.20. The molecule has 0 radical (unpaired) electrons. The number of carbonyl (C=O) groups excluding carboxylic acids is 1. The van der Waals surface area contributed by atoms with Gasteiger partial charge in [0.05, 0.1) is 5.56 Å². The minimum atomic E-state index is -4.38. The van der Waals surface area contributed by atoms with Crippen LogP contribution >= 0.6 is 11.3 Å². The molecule has 1 aromatic heterocycles. The number of halogens is 3. The van der Waals surface area contributed by atoms with E-state index in [1.807, 2.05) is 19.1 Å². The van der Waals surface area contributed by atoms with E-state index in [0.29, 0.717) is 23.6 Å². The third-order valence-corrected chi connectivity index (χ3v) is 4.42. The molecular weight excluding hydrogens is 339 g/mol. The fourth-order valence-corrected chi connectivity index (χ4v) is 3.14. The molecule has 0 saturated carbocycles. The molecule has 1 aromatic carbocycles. The van der Waals surface area contributed by atoms with Gasteiger partial charge < -0.3 is 4.90 Å². The summed E-state index contributed by atoms with van der Waals surface area (Å²) in [5, 5.41) is 0. The van der Waals surface area contributed by atoms with Crippen LogP contribution in [0.5, 0.6) is 0 Å². The summed E-state index contributed by atoms with van der Waals surface area (Å²) in [5.41, 5.74) is -0.185. The summed E-state index contributed by atoms with van der Waals surface area (Å²) in [7, 11) is 0. The second kappa shape index (κ2) is 6.27. The fraction of sp³-hybridized carbons (Fsp3) is 0.250. The lowest BCUT2D eigenvalue weighted by Gasteiger charge is -2.11. The van der Waals surface area contributed by atoms with Crippen LogP contribution in [0.4, 0.5) is 18.0 Å². The van der Waals surface area contributed by atoms with E-state index in [2.05, 4.69) is 4.99 Å². The quantitative estimate of drug-likeness (QED) is 0.720. The third-order valence-electron chi connectivity index (χ3n) is 3.52. The van der Waals surface area contributed by atoms with Crippen molar-refractivity contribution in [3.8, 4) is 5.69 Å². The lowest BCUT2D eigenvalue weighted by atomic mass is 10.2. The van der Waals surface area contributed by atoms with Crippen molar-refractivity contribution in [1.29, 1.82) is 0 Å². The molecule has 126 valence electrons. The Balaban J connectivity index is 1.96. The number of aromatic nitrogens is 1. The summed E-state index contributed by atoms with van der Waals surface area (Å²) < 4.78 is 39.6. The zero-order chi connectivity index (χ0) is 17.3. The normalized spacial score (nSPS) is 15.3. The molecule has 0 atom stereocenters. The molecule has 8 heteroatoms. The van der Waals surface area contributed by atoms with E-state index >= 15 is 0 Å². The molecule has 4 nitrogen and oxygen atoms in total. The lowest BCUT2D eigenvalue weighted by Crippen LogP contribution is -2.28.